The molecule has 6 nitrogen and oxygen atoms in total. The van der Waals surface area contributed by atoms with Gasteiger partial charge in [-0.15, -0.1) is 24.0 Å². The zero-order chi connectivity index (χ0) is 22.0. The maximum absolute atomic E-state index is 12.5. The fourth-order valence-corrected chi connectivity index (χ4v) is 3.28. The molecule has 1 aromatic carbocycles. The quantitative estimate of drug-likeness (QED) is 0.223. The van der Waals surface area contributed by atoms with Crippen molar-refractivity contribution in [2.75, 3.05) is 52.5 Å². The van der Waals surface area contributed by atoms with E-state index in [1.807, 2.05) is 24.0 Å². The molecule has 0 radical (unpaired) electrons. The third-order valence-electron chi connectivity index (χ3n) is 4.49. The molecule has 1 amide bonds. The largest absolute Gasteiger partial charge is 0.411 e. The lowest BCUT2D eigenvalue weighted by molar-refractivity contribution is -0.173. The first kappa shape index (κ1) is 27.8. The summed E-state index contributed by atoms with van der Waals surface area (Å²) in [7, 11) is 0. The molecule has 1 fully saturated rings. The number of benzene rings is 1. The fraction of sp³-hybridized carbons (Fsp3) is 0.600. The van der Waals surface area contributed by atoms with Gasteiger partial charge in [-0.1, -0.05) is 23.7 Å². The van der Waals surface area contributed by atoms with E-state index in [4.69, 9.17) is 11.6 Å². The molecule has 2 rings (SSSR count). The van der Waals surface area contributed by atoms with Crippen molar-refractivity contribution in [1.82, 2.24) is 15.1 Å². The summed E-state index contributed by atoms with van der Waals surface area (Å²) < 4.78 is 40.8. The Morgan fingerprint density at radius 1 is 1.23 bits per heavy atom. The summed E-state index contributed by atoms with van der Waals surface area (Å²) in [6.07, 6.45) is -3.59. The van der Waals surface area contributed by atoms with Gasteiger partial charge >= 0.3 is 6.18 Å². The molecule has 0 unspecified atom stereocenters. The monoisotopic (exact) mass is 576 g/mol. The highest BCUT2D eigenvalue weighted by atomic mass is 127. The maximum Gasteiger partial charge on any atom is 0.411 e. The average Bonchev–Trinajstić information content (AvgIpc) is 2.69. The van der Waals surface area contributed by atoms with Gasteiger partial charge < -0.3 is 19.9 Å². The van der Waals surface area contributed by atoms with Crippen molar-refractivity contribution in [2.24, 2.45) is 4.99 Å². The zero-order valence-corrected chi connectivity index (χ0v) is 20.5. The molecular formula is C20H29ClF3IN4O2. The molecule has 0 aliphatic carbocycles. The molecule has 1 N–H and O–H groups in total. The van der Waals surface area contributed by atoms with Crippen LogP contribution in [0.2, 0.25) is 5.02 Å². The zero-order valence-electron chi connectivity index (χ0n) is 17.5. The third-order valence-corrected chi connectivity index (χ3v) is 4.72. The van der Waals surface area contributed by atoms with E-state index in [0.29, 0.717) is 63.1 Å². The first-order valence-electron chi connectivity index (χ1n) is 9.98. The second-order valence-electron chi connectivity index (χ2n) is 6.93. The summed E-state index contributed by atoms with van der Waals surface area (Å²) in [4.78, 5) is 20.9. The molecule has 31 heavy (non-hydrogen) atoms. The van der Waals surface area contributed by atoms with Gasteiger partial charge in [-0.25, -0.2) is 0 Å². The van der Waals surface area contributed by atoms with Gasteiger partial charge in [0.1, 0.15) is 6.61 Å². The summed E-state index contributed by atoms with van der Waals surface area (Å²) in [6.45, 7) is 4.21. The van der Waals surface area contributed by atoms with Crippen LogP contribution in [-0.2, 0) is 16.0 Å². The van der Waals surface area contributed by atoms with Crippen molar-refractivity contribution in [3.63, 3.8) is 0 Å². The fourth-order valence-electron chi connectivity index (χ4n) is 3.07. The lowest BCUT2D eigenvalue weighted by Crippen LogP contribution is -2.54. The van der Waals surface area contributed by atoms with E-state index in [-0.39, 0.29) is 36.5 Å². The van der Waals surface area contributed by atoms with Gasteiger partial charge in [0.2, 0.25) is 5.91 Å². The number of guanidine groups is 1. The first-order chi connectivity index (χ1) is 14.3. The number of hydrogen-bond donors (Lipinski definition) is 1. The molecule has 0 saturated carbocycles. The Balaban J connectivity index is 0.00000480. The second-order valence-corrected chi connectivity index (χ2v) is 7.37. The Hall–Kier alpha value is -1.27. The van der Waals surface area contributed by atoms with E-state index in [1.165, 1.54) is 0 Å². The molecule has 1 aromatic rings. The van der Waals surface area contributed by atoms with Crippen molar-refractivity contribution in [2.45, 2.75) is 25.9 Å². The number of alkyl halides is 3. The molecule has 1 saturated heterocycles. The van der Waals surface area contributed by atoms with E-state index < -0.39 is 12.8 Å². The molecular weight excluding hydrogens is 548 g/mol. The predicted octanol–water partition coefficient (Wildman–Crippen LogP) is 3.58. The highest BCUT2D eigenvalue weighted by Gasteiger charge is 2.27. The van der Waals surface area contributed by atoms with Crippen molar-refractivity contribution in [3.8, 4) is 0 Å². The normalized spacial score (nSPS) is 14.9. The summed E-state index contributed by atoms with van der Waals surface area (Å²) in [6, 6.07) is 7.28. The minimum atomic E-state index is -4.30. The summed E-state index contributed by atoms with van der Waals surface area (Å²) >= 11 is 5.98. The van der Waals surface area contributed by atoms with Crippen LogP contribution in [0.1, 0.15) is 18.9 Å². The maximum atomic E-state index is 12.5. The summed E-state index contributed by atoms with van der Waals surface area (Å²) in [5, 5.41) is 3.81. The molecule has 1 aliphatic heterocycles. The van der Waals surface area contributed by atoms with E-state index >= 15 is 0 Å². The number of halogens is 5. The molecule has 0 bridgehead atoms. The van der Waals surface area contributed by atoms with Crippen LogP contribution in [0.4, 0.5) is 13.2 Å². The van der Waals surface area contributed by atoms with Gasteiger partial charge in [-0.05, 0) is 31.0 Å². The number of nitrogens with zero attached hydrogens (tertiary/aromatic N) is 3. The van der Waals surface area contributed by atoms with E-state index in [0.717, 1.165) is 5.56 Å². The predicted molar refractivity (Wildman–Crippen MR) is 126 cm³/mol. The molecule has 0 aromatic heterocycles. The van der Waals surface area contributed by atoms with Crippen molar-refractivity contribution in [3.05, 3.63) is 34.9 Å². The Morgan fingerprint density at radius 2 is 1.90 bits per heavy atom. The minimum absolute atomic E-state index is 0. The molecule has 0 spiro atoms. The molecule has 1 heterocycles. The number of nitrogens with one attached hydrogen (secondary N) is 1. The lowest BCUT2D eigenvalue weighted by atomic mass is 10.1. The highest BCUT2D eigenvalue weighted by molar-refractivity contribution is 14.0. The minimum Gasteiger partial charge on any atom is -0.372 e. The Kier molecular flexibility index (Phi) is 12.5. The van der Waals surface area contributed by atoms with Crippen molar-refractivity contribution < 1.29 is 22.7 Å². The van der Waals surface area contributed by atoms with E-state index in [2.05, 4.69) is 19.9 Å². The van der Waals surface area contributed by atoms with Crippen LogP contribution in [0.15, 0.2) is 29.3 Å². The standard InChI is InChI=1S/C20H28ClF3N4O2.HI/c1-2-25-19(26-7-4-12-30-15-20(22,23)24)28-10-8-27(9-11-28)18(29)14-16-5-3-6-17(21)13-16;/h3,5-6,13H,2,4,7-12,14-15H2,1H3,(H,25,26);1H. The lowest BCUT2D eigenvalue weighted by Gasteiger charge is -2.36. The molecule has 11 heteroatoms. The number of aliphatic imine (C=N–C) groups is 1. The van der Waals surface area contributed by atoms with Gasteiger partial charge in [0.25, 0.3) is 0 Å². The number of carbonyl (C=O) groups excluding carboxylic acids is 1. The topological polar surface area (TPSA) is 57.2 Å². The van der Waals surface area contributed by atoms with Crippen LogP contribution in [0.25, 0.3) is 0 Å². The van der Waals surface area contributed by atoms with E-state index in [9.17, 15) is 18.0 Å². The van der Waals surface area contributed by atoms with Crippen LogP contribution < -0.4 is 5.32 Å². The highest BCUT2D eigenvalue weighted by Crippen LogP contribution is 2.15. The molecule has 1 aliphatic rings. The van der Waals surface area contributed by atoms with Crippen LogP contribution in [0.3, 0.4) is 0 Å². The van der Waals surface area contributed by atoms with Crippen molar-refractivity contribution >= 4 is 47.4 Å². The van der Waals surface area contributed by atoms with E-state index in [1.54, 1.807) is 12.1 Å². The van der Waals surface area contributed by atoms with Gasteiger partial charge in [0, 0.05) is 50.9 Å². The Labute approximate surface area is 203 Å². The van der Waals surface area contributed by atoms with Gasteiger partial charge in [0.15, 0.2) is 5.96 Å². The Morgan fingerprint density at radius 3 is 2.52 bits per heavy atom. The summed E-state index contributed by atoms with van der Waals surface area (Å²) in [5.41, 5.74) is 0.887. The summed E-state index contributed by atoms with van der Waals surface area (Å²) in [5.74, 6) is 0.760. The number of carbonyl (C=O) groups is 1. The van der Waals surface area contributed by atoms with Gasteiger partial charge in [-0.3, -0.25) is 9.79 Å². The smallest absolute Gasteiger partial charge is 0.372 e. The van der Waals surface area contributed by atoms with Crippen LogP contribution in [0, 0.1) is 0 Å². The SMILES string of the molecule is CCNC(=NCCCOCC(F)(F)F)N1CCN(C(=O)Cc2cccc(Cl)c2)CC1.I. The average molecular weight is 577 g/mol. The molecule has 176 valence electrons. The third kappa shape index (κ3) is 10.7. The van der Waals surface area contributed by atoms with Gasteiger partial charge in [-0.2, -0.15) is 13.2 Å². The number of rotatable bonds is 8. The van der Waals surface area contributed by atoms with Crippen LogP contribution in [0.5, 0.6) is 0 Å². The van der Waals surface area contributed by atoms with Crippen molar-refractivity contribution in [1.29, 1.82) is 0 Å². The Bertz CT molecular complexity index is 714. The van der Waals surface area contributed by atoms with Crippen LogP contribution in [-0.4, -0.2) is 80.3 Å². The van der Waals surface area contributed by atoms with Crippen LogP contribution >= 0.6 is 35.6 Å². The number of ether oxygens (including phenoxy) is 1. The number of hydrogen-bond acceptors (Lipinski definition) is 3. The first-order valence-corrected chi connectivity index (χ1v) is 10.4. The van der Waals surface area contributed by atoms with Gasteiger partial charge in [0.05, 0.1) is 6.42 Å². The molecule has 0 atom stereocenters. The number of piperazine rings is 1. The number of amides is 1. The second kappa shape index (κ2) is 14.0.